The van der Waals surface area contributed by atoms with Crippen LogP contribution in [0.5, 0.6) is 0 Å². The summed E-state index contributed by atoms with van der Waals surface area (Å²) in [6, 6.07) is 9.62. The zero-order valence-corrected chi connectivity index (χ0v) is 16.3. The molecule has 1 unspecified atom stereocenters. The summed E-state index contributed by atoms with van der Waals surface area (Å²) in [5.74, 6) is 0.306. The number of carbonyl (C=O) groups excluding carboxylic acids is 1. The van der Waals surface area contributed by atoms with Crippen LogP contribution in [0.25, 0.3) is 0 Å². The predicted octanol–water partition coefficient (Wildman–Crippen LogP) is 3.31. The Balaban J connectivity index is 1.60. The van der Waals surface area contributed by atoms with Gasteiger partial charge in [0.2, 0.25) is 5.91 Å². The van der Waals surface area contributed by atoms with E-state index in [-0.39, 0.29) is 22.8 Å². The third-order valence-electron chi connectivity index (χ3n) is 5.02. The lowest BCUT2D eigenvalue weighted by Gasteiger charge is -2.33. The molecule has 2 heterocycles. The predicted molar refractivity (Wildman–Crippen MR) is 108 cm³/mol. The molecule has 6 heteroatoms. The van der Waals surface area contributed by atoms with Crippen molar-refractivity contribution in [3.8, 4) is 0 Å². The SMILES string of the molecule is CC(C)(C)c1cccc(NC(=O)CC2CCCN(c3cn[nH]c(=O)c3)C2)c1. The summed E-state index contributed by atoms with van der Waals surface area (Å²) in [7, 11) is 0. The fourth-order valence-corrected chi connectivity index (χ4v) is 3.54. The molecule has 0 saturated carbocycles. The van der Waals surface area contributed by atoms with Gasteiger partial charge in [-0.1, -0.05) is 32.9 Å². The van der Waals surface area contributed by atoms with Crippen LogP contribution in [0.15, 0.2) is 41.3 Å². The molecule has 1 fully saturated rings. The second-order valence-electron chi connectivity index (χ2n) is 8.34. The number of piperidine rings is 1. The average Bonchev–Trinajstić information content (AvgIpc) is 2.61. The van der Waals surface area contributed by atoms with Gasteiger partial charge in [-0.25, -0.2) is 5.10 Å². The summed E-state index contributed by atoms with van der Waals surface area (Å²) in [6.45, 7) is 8.13. The second-order valence-corrected chi connectivity index (χ2v) is 8.34. The van der Waals surface area contributed by atoms with Crippen molar-refractivity contribution < 1.29 is 4.79 Å². The van der Waals surface area contributed by atoms with Gasteiger partial charge in [0.25, 0.3) is 5.56 Å². The summed E-state index contributed by atoms with van der Waals surface area (Å²) in [6.07, 6.45) is 4.17. The number of aromatic nitrogens is 2. The monoisotopic (exact) mass is 368 g/mol. The van der Waals surface area contributed by atoms with Crippen molar-refractivity contribution in [2.24, 2.45) is 5.92 Å². The number of hydrogen-bond acceptors (Lipinski definition) is 4. The van der Waals surface area contributed by atoms with E-state index in [1.165, 1.54) is 5.56 Å². The summed E-state index contributed by atoms with van der Waals surface area (Å²) in [5, 5.41) is 9.31. The largest absolute Gasteiger partial charge is 0.370 e. The minimum Gasteiger partial charge on any atom is -0.370 e. The first-order chi connectivity index (χ1) is 12.8. The van der Waals surface area contributed by atoms with Crippen molar-refractivity contribution in [3.63, 3.8) is 0 Å². The Hall–Kier alpha value is -2.63. The molecule has 0 spiro atoms. The first kappa shape index (κ1) is 19.1. The summed E-state index contributed by atoms with van der Waals surface area (Å²) >= 11 is 0. The van der Waals surface area contributed by atoms with Crippen LogP contribution in [0.1, 0.15) is 45.6 Å². The van der Waals surface area contributed by atoms with Crippen molar-refractivity contribution in [2.45, 2.75) is 45.4 Å². The first-order valence-corrected chi connectivity index (χ1v) is 9.51. The van der Waals surface area contributed by atoms with Crippen LogP contribution in [-0.2, 0) is 10.2 Å². The summed E-state index contributed by atoms with van der Waals surface area (Å²) < 4.78 is 0. The number of benzene rings is 1. The molecule has 27 heavy (non-hydrogen) atoms. The number of amides is 1. The molecule has 1 aromatic heterocycles. The average molecular weight is 368 g/mol. The number of rotatable bonds is 4. The Labute approximate surface area is 160 Å². The minimum atomic E-state index is -0.203. The quantitative estimate of drug-likeness (QED) is 0.868. The lowest BCUT2D eigenvalue weighted by molar-refractivity contribution is -0.117. The molecular formula is C21H28N4O2. The highest BCUT2D eigenvalue weighted by molar-refractivity contribution is 5.91. The number of anilines is 2. The maximum Gasteiger partial charge on any atom is 0.266 e. The maximum atomic E-state index is 12.5. The van der Waals surface area contributed by atoms with Crippen LogP contribution in [0.3, 0.4) is 0 Å². The second kappa shape index (κ2) is 7.94. The highest BCUT2D eigenvalue weighted by Crippen LogP contribution is 2.26. The molecule has 1 saturated heterocycles. The van der Waals surface area contributed by atoms with E-state index in [1.54, 1.807) is 12.3 Å². The summed E-state index contributed by atoms with van der Waals surface area (Å²) in [4.78, 5) is 26.2. The van der Waals surface area contributed by atoms with E-state index in [1.807, 2.05) is 18.2 Å². The summed E-state index contributed by atoms with van der Waals surface area (Å²) in [5.41, 5.74) is 2.71. The molecule has 1 aromatic carbocycles. The Morgan fingerprint density at radius 2 is 2.15 bits per heavy atom. The van der Waals surface area contributed by atoms with Gasteiger partial charge in [0.05, 0.1) is 11.9 Å². The van der Waals surface area contributed by atoms with Gasteiger partial charge in [-0.2, -0.15) is 5.10 Å². The topological polar surface area (TPSA) is 78.1 Å². The van der Waals surface area contributed by atoms with Gasteiger partial charge in [-0.05, 0) is 41.9 Å². The van der Waals surface area contributed by atoms with Gasteiger partial charge in [0.1, 0.15) is 0 Å². The Morgan fingerprint density at radius 1 is 1.33 bits per heavy atom. The molecule has 3 rings (SSSR count). The highest BCUT2D eigenvalue weighted by atomic mass is 16.1. The van der Waals surface area contributed by atoms with E-state index in [2.05, 4.69) is 47.3 Å². The number of nitrogens with one attached hydrogen (secondary N) is 2. The van der Waals surface area contributed by atoms with Gasteiger partial charge in [-0.3, -0.25) is 9.59 Å². The number of hydrogen-bond donors (Lipinski definition) is 2. The number of carbonyl (C=O) groups is 1. The minimum absolute atomic E-state index is 0.0388. The van der Waals surface area contributed by atoms with E-state index in [4.69, 9.17) is 0 Å². The molecule has 6 nitrogen and oxygen atoms in total. The van der Waals surface area contributed by atoms with Crippen LogP contribution >= 0.6 is 0 Å². The Bertz CT molecular complexity index is 854. The molecule has 144 valence electrons. The smallest absolute Gasteiger partial charge is 0.266 e. The highest BCUT2D eigenvalue weighted by Gasteiger charge is 2.23. The van der Waals surface area contributed by atoms with Crippen LogP contribution in [0.4, 0.5) is 11.4 Å². The van der Waals surface area contributed by atoms with E-state index >= 15 is 0 Å². The van der Waals surface area contributed by atoms with Crippen LogP contribution in [-0.4, -0.2) is 29.2 Å². The van der Waals surface area contributed by atoms with Crippen molar-refractivity contribution in [2.75, 3.05) is 23.3 Å². The van der Waals surface area contributed by atoms with E-state index in [0.29, 0.717) is 6.42 Å². The molecule has 0 bridgehead atoms. The third-order valence-corrected chi connectivity index (χ3v) is 5.02. The fraction of sp³-hybridized carbons (Fsp3) is 0.476. The van der Waals surface area contributed by atoms with Gasteiger partial charge >= 0.3 is 0 Å². The van der Waals surface area contributed by atoms with Gasteiger partial charge in [0.15, 0.2) is 0 Å². The van der Waals surface area contributed by atoms with E-state index < -0.39 is 0 Å². The zero-order chi connectivity index (χ0) is 19.4. The molecule has 1 atom stereocenters. The number of H-pyrrole nitrogens is 1. The fourth-order valence-electron chi connectivity index (χ4n) is 3.54. The molecule has 1 amide bonds. The van der Waals surface area contributed by atoms with E-state index in [0.717, 1.165) is 37.3 Å². The lowest BCUT2D eigenvalue weighted by Crippen LogP contribution is -2.37. The molecule has 2 N–H and O–H groups in total. The van der Waals surface area contributed by atoms with Gasteiger partial charge in [0, 0.05) is 31.3 Å². The first-order valence-electron chi connectivity index (χ1n) is 9.51. The third kappa shape index (κ3) is 5.18. The maximum absolute atomic E-state index is 12.5. The lowest BCUT2D eigenvalue weighted by atomic mass is 9.87. The van der Waals surface area contributed by atoms with E-state index in [9.17, 15) is 9.59 Å². The van der Waals surface area contributed by atoms with Crippen molar-refractivity contribution >= 4 is 17.3 Å². The normalized spacial score (nSPS) is 17.6. The standard InChI is InChI=1S/C21H28N4O2/c1-21(2,3)16-7-4-8-17(11-16)23-19(26)10-15-6-5-9-25(14-15)18-12-20(27)24-22-13-18/h4,7-8,11-13,15H,5-6,9-10,14H2,1-3H3,(H,23,26)(H,24,27). The molecule has 1 aliphatic heterocycles. The molecular weight excluding hydrogens is 340 g/mol. The molecule has 0 aliphatic carbocycles. The Kier molecular flexibility index (Phi) is 5.63. The van der Waals surface area contributed by atoms with Crippen LogP contribution < -0.4 is 15.8 Å². The van der Waals surface area contributed by atoms with Crippen molar-refractivity contribution in [1.29, 1.82) is 0 Å². The zero-order valence-electron chi connectivity index (χ0n) is 16.3. The van der Waals surface area contributed by atoms with Crippen molar-refractivity contribution in [1.82, 2.24) is 10.2 Å². The number of aromatic amines is 1. The van der Waals surface area contributed by atoms with Gasteiger partial charge < -0.3 is 10.2 Å². The Morgan fingerprint density at radius 3 is 2.89 bits per heavy atom. The number of nitrogens with zero attached hydrogens (tertiary/aromatic N) is 2. The van der Waals surface area contributed by atoms with Crippen molar-refractivity contribution in [3.05, 3.63) is 52.4 Å². The van der Waals surface area contributed by atoms with Crippen LogP contribution in [0.2, 0.25) is 0 Å². The molecule has 1 aliphatic rings. The molecule has 0 radical (unpaired) electrons. The van der Waals surface area contributed by atoms with Gasteiger partial charge in [-0.15, -0.1) is 0 Å². The molecule has 2 aromatic rings. The van der Waals surface area contributed by atoms with Crippen LogP contribution in [0, 0.1) is 5.92 Å².